The van der Waals surface area contributed by atoms with Crippen LogP contribution in [0.4, 0.5) is 4.39 Å². The number of halogens is 2. The van der Waals surface area contributed by atoms with Crippen molar-refractivity contribution in [3.05, 3.63) is 28.0 Å². The molecule has 1 rings (SSSR count). The van der Waals surface area contributed by atoms with Crippen LogP contribution in [0.1, 0.15) is 18.0 Å². The molecule has 0 bridgehead atoms. The summed E-state index contributed by atoms with van der Waals surface area (Å²) < 4.78 is 13.6. The van der Waals surface area contributed by atoms with E-state index in [1.54, 1.807) is 0 Å². The Hall–Kier alpha value is -1.14. The van der Waals surface area contributed by atoms with E-state index in [-0.39, 0.29) is 15.8 Å². The number of aromatic hydroxyl groups is 1. The van der Waals surface area contributed by atoms with Crippen molar-refractivity contribution < 1.29 is 19.4 Å². The Balaban J connectivity index is 3.12. The minimum atomic E-state index is -1.15. The average molecular weight is 278 g/mol. The van der Waals surface area contributed by atoms with E-state index in [4.69, 9.17) is 10.8 Å². The summed E-state index contributed by atoms with van der Waals surface area (Å²) >= 11 is 3.00. The molecule has 0 aliphatic heterocycles. The normalized spacial score (nSPS) is 12.5. The molecule has 15 heavy (non-hydrogen) atoms. The van der Waals surface area contributed by atoms with Gasteiger partial charge in [0.2, 0.25) is 0 Å². The molecule has 4 nitrogen and oxygen atoms in total. The van der Waals surface area contributed by atoms with E-state index in [0.29, 0.717) is 0 Å². The van der Waals surface area contributed by atoms with Crippen molar-refractivity contribution in [3.8, 4) is 5.75 Å². The third kappa shape index (κ3) is 2.66. The summed E-state index contributed by atoms with van der Waals surface area (Å²) in [5.41, 5.74) is 5.28. The predicted octanol–water partition coefficient (Wildman–Crippen LogP) is 1.77. The van der Waals surface area contributed by atoms with E-state index in [1.165, 1.54) is 6.07 Å². The second-order valence-corrected chi connectivity index (χ2v) is 3.85. The molecule has 0 heterocycles. The zero-order valence-corrected chi connectivity index (χ0v) is 9.16. The molecule has 1 unspecified atom stereocenters. The van der Waals surface area contributed by atoms with E-state index in [0.717, 1.165) is 6.07 Å². The van der Waals surface area contributed by atoms with Gasteiger partial charge in [0.05, 0.1) is 10.9 Å². The third-order valence-corrected chi connectivity index (χ3v) is 2.52. The van der Waals surface area contributed by atoms with Crippen LogP contribution in [0.15, 0.2) is 16.6 Å². The van der Waals surface area contributed by atoms with Gasteiger partial charge in [-0.2, -0.15) is 0 Å². The topological polar surface area (TPSA) is 83.6 Å². The minimum Gasteiger partial charge on any atom is -0.506 e. The van der Waals surface area contributed by atoms with Gasteiger partial charge >= 0.3 is 5.97 Å². The largest absolute Gasteiger partial charge is 0.506 e. The Kier molecular flexibility index (Phi) is 3.65. The number of phenols is 1. The Labute approximate surface area is 93.6 Å². The molecule has 4 N–H and O–H groups in total. The van der Waals surface area contributed by atoms with Crippen molar-refractivity contribution >= 4 is 21.9 Å². The average Bonchev–Trinajstić information content (AvgIpc) is 2.11. The van der Waals surface area contributed by atoms with Gasteiger partial charge in [0.1, 0.15) is 11.6 Å². The fraction of sp³-hybridized carbons (Fsp3) is 0.222. The van der Waals surface area contributed by atoms with Crippen LogP contribution in [0, 0.1) is 5.82 Å². The van der Waals surface area contributed by atoms with Crippen LogP contribution >= 0.6 is 15.9 Å². The Morgan fingerprint density at radius 1 is 1.60 bits per heavy atom. The van der Waals surface area contributed by atoms with Crippen LogP contribution in [-0.2, 0) is 4.79 Å². The number of hydrogen-bond donors (Lipinski definition) is 3. The molecule has 0 saturated carbocycles. The molecular weight excluding hydrogens is 269 g/mol. The standard InChI is InChI=1S/C9H9BrFNO3/c10-4-1-2-5(11)8(9(4)15)6(12)3-7(13)14/h1-2,6,15H,3,12H2,(H,13,14). The highest BCUT2D eigenvalue weighted by atomic mass is 79.9. The van der Waals surface area contributed by atoms with Crippen molar-refractivity contribution in [2.24, 2.45) is 5.73 Å². The zero-order chi connectivity index (χ0) is 11.6. The molecular formula is C9H9BrFNO3. The van der Waals surface area contributed by atoms with E-state index < -0.39 is 24.2 Å². The van der Waals surface area contributed by atoms with Gasteiger partial charge < -0.3 is 15.9 Å². The summed E-state index contributed by atoms with van der Waals surface area (Å²) in [7, 11) is 0. The fourth-order valence-electron chi connectivity index (χ4n) is 1.20. The number of phenolic OH excluding ortho intramolecular Hbond substituents is 1. The second-order valence-electron chi connectivity index (χ2n) is 3.00. The van der Waals surface area contributed by atoms with Crippen LogP contribution in [-0.4, -0.2) is 16.2 Å². The Morgan fingerprint density at radius 2 is 2.20 bits per heavy atom. The van der Waals surface area contributed by atoms with Crippen LogP contribution in [0.3, 0.4) is 0 Å². The summed E-state index contributed by atoms with van der Waals surface area (Å²) in [6.45, 7) is 0. The summed E-state index contributed by atoms with van der Waals surface area (Å²) in [6.07, 6.45) is -0.444. The second kappa shape index (κ2) is 4.59. The number of carbonyl (C=O) groups is 1. The number of aliphatic carboxylic acids is 1. The number of nitrogens with two attached hydrogens (primary N) is 1. The Morgan fingerprint density at radius 3 is 2.73 bits per heavy atom. The van der Waals surface area contributed by atoms with Crippen LogP contribution < -0.4 is 5.73 Å². The quantitative estimate of drug-likeness (QED) is 0.786. The van der Waals surface area contributed by atoms with Crippen molar-refractivity contribution in [1.29, 1.82) is 0 Å². The summed E-state index contributed by atoms with van der Waals surface area (Å²) in [4.78, 5) is 10.4. The molecule has 0 saturated heterocycles. The molecule has 1 aromatic carbocycles. The maximum atomic E-state index is 13.3. The molecule has 1 aromatic rings. The molecule has 6 heteroatoms. The fourth-order valence-corrected chi connectivity index (χ4v) is 1.55. The van der Waals surface area contributed by atoms with Gasteiger partial charge in [0, 0.05) is 11.6 Å². The number of rotatable bonds is 3. The molecule has 0 aliphatic rings. The van der Waals surface area contributed by atoms with Crippen molar-refractivity contribution in [2.45, 2.75) is 12.5 Å². The lowest BCUT2D eigenvalue weighted by molar-refractivity contribution is -0.137. The van der Waals surface area contributed by atoms with Crippen molar-refractivity contribution in [2.75, 3.05) is 0 Å². The number of carboxylic acids is 1. The molecule has 82 valence electrons. The van der Waals surface area contributed by atoms with Crippen LogP contribution in [0.2, 0.25) is 0 Å². The third-order valence-electron chi connectivity index (χ3n) is 1.88. The van der Waals surface area contributed by atoms with Gasteiger partial charge in [0.25, 0.3) is 0 Å². The smallest absolute Gasteiger partial charge is 0.305 e. The zero-order valence-electron chi connectivity index (χ0n) is 7.58. The van der Waals surface area contributed by atoms with E-state index in [2.05, 4.69) is 15.9 Å². The van der Waals surface area contributed by atoms with Gasteiger partial charge in [-0.05, 0) is 28.1 Å². The van der Waals surface area contributed by atoms with Crippen molar-refractivity contribution in [3.63, 3.8) is 0 Å². The van der Waals surface area contributed by atoms with Gasteiger partial charge in [-0.15, -0.1) is 0 Å². The first-order valence-electron chi connectivity index (χ1n) is 4.07. The minimum absolute atomic E-state index is 0.188. The molecule has 1 atom stereocenters. The predicted molar refractivity (Wildman–Crippen MR) is 54.9 cm³/mol. The van der Waals surface area contributed by atoms with Gasteiger partial charge in [0.15, 0.2) is 0 Å². The van der Waals surface area contributed by atoms with E-state index in [9.17, 15) is 14.3 Å². The highest BCUT2D eigenvalue weighted by Crippen LogP contribution is 2.34. The molecule has 0 spiro atoms. The maximum Gasteiger partial charge on any atom is 0.305 e. The Bertz CT molecular complexity index is 397. The monoisotopic (exact) mass is 277 g/mol. The molecule has 0 fully saturated rings. The van der Waals surface area contributed by atoms with Gasteiger partial charge in [-0.1, -0.05) is 0 Å². The lowest BCUT2D eigenvalue weighted by Crippen LogP contribution is -2.16. The summed E-state index contributed by atoms with van der Waals surface area (Å²) in [5, 5.41) is 18.0. The lowest BCUT2D eigenvalue weighted by atomic mass is 10.0. The molecule has 0 amide bonds. The lowest BCUT2D eigenvalue weighted by Gasteiger charge is -2.13. The first-order chi connectivity index (χ1) is 6.93. The number of benzene rings is 1. The molecule has 0 aromatic heterocycles. The van der Waals surface area contributed by atoms with Crippen molar-refractivity contribution in [1.82, 2.24) is 0 Å². The highest BCUT2D eigenvalue weighted by Gasteiger charge is 2.20. The first kappa shape index (κ1) is 11.9. The highest BCUT2D eigenvalue weighted by molar-refractivity contribution is 9.10. The number of hydrogen-bond acceptors (Lipinski definition) is 3. The molecule has 0 aliphatic carbocycles. The SMILES string of the molecule is NC(CC(=O)O)c1c(F)ccc(Br)c1O. The maximum absolute atomic E-state index is 13.3. The van der Waals surface area contributed by atoms with Crippen LogP contribution in [0.5, 0.6) is 5.75 Å². The van der Waals surface area contributed by atoms with Gasteiger partial charge in [-0.3, -0.25) is 4.79 Å². The molecule has 0 radical (unpaired) electrons. The van der Waals surface area contributed by atoms with E-state index in [1.807, 2.05) is 0 Å². The van der Waals surface area contributed by atoms with Crippen LogP contribution in [0.25, 0.3) is 0 Å². The first-order valence-corrected chi connectivity index (χ1v) is 4.87. The summed E-state index contributed by atoms with van der Waals surface area (Å²) in [6, 6.07) is 1.36. The number of carboxylic acid groups (broad SMARTS) is 1. The van der Waals surface area contributed by atoms with Gasteiger partial charge in [-0.25, -0.2) is 4.39 Å². The summed E-state index contributed by atoms with van der Waals surface area (Å²) in [5.74, 6) is -2.23. The van der Waals surface area contributed by atoms with E-state index >= 15 is 0 Å².